The van der Waals surface area contributed by atoms with Gasteiger partial charge >= 0.3 is 0 Å². The first kappa shape index (κ1) is 12.4. The van der Waals surface area contributed by atoms with Crippen molar-refractivity contribution in [3.8, 4) is 0 Å². The maximum absolute atomic E-state index is 12.4. The summed E-state index contributed by atoms with van der Waals surface area (Å²) in [7, 11) is -3.31. The molecule has 1 aliphatic rings. The normalized spacial score (nSPS) is 21.9. The number of fused-ring (bicyclic) bond motifs is 1. The molecule has 3 rings (SSSR count). The van der Waals surface area contributed by atoms with Crippen LogP contribution in [-0.4, -0.2) is 26.8 Å². The van der Waals surface area contributed by atoms with Crippen LogP contribution in [-0.2, 0) is 10.0 Å². The van der Waals surface area contributed by atoms with E-state index in [0.29, 0.717) is 13.0 Å². The van der Waals surface area contributed by atoms with Crippen molar-refractivity contribution in [2.45, 2.75) is 11.7 Å². The molecule has 1 fully saturated rings. The highest BCUT2D eigenvalue weighted by Crippen LogP contribution is 2.33. The lowest BCUT2D eigenvalue weighted by molar-refractivity contribution is 0.588. The van der Waals surface area contributed by atoms with Gasteiger partial charge in [0.1, 0.15) is 0 Å². The van der Waals surface area contributed by atoms with Gasteiger partial charge in [0, 0.05) is 18.5 Å². The molecule has 0 unspecified atom stereocenters. The van der Waals surface area contributed by atoms with Crippen molar-refractivity contribution in [1.82, 2.24) is 0 Å². The number of hydrogen-bond donors (Lipinski definition) is 1. The molecule has 1 atom stereocenters. The highest BCUT2D eigenvalue weighted by Gasteiger charge is 2.38. The lowest BCUT2D eigenvalue weighted by Gasteiger charge is -2.20. The lowest BCUT2D eigenvalue weighted by Crippen LogP contribution is -2.33. The molecule has 19 heavy (non-hydrogen) atoms. The first-order chi connectivity index (χ1) is 9.14. The fourth-order valence-electron chi connectivity index (χ4n) is 2.64. The summed E-state index contributed by atoms with van der Waals surface area (Å²) < 4.78 is 26.3. The van der Waals surface area contributed by atoms with Crippen molar-refractivity contribution in [1.29, 1.82) is 0 Å². The molecule has 0 saturated carbocycles. The van der Waals surface area contributed by atoms with Crippen LogP contribution in [0.4, 0.5) is 5.69 Å². The van der Waals surface area contributed by atoms with E-state index in [0.717, 1.165) is 16.5 Å². The average Bonchev–Trinajstić information content (AvgIpc) is 2.72. The van der Waals surface area contributed by atoms with E-state index in [9.17, 15) is 8.42 Å². The van der Waals surface area contributed by atoms with Gasteiger partial charge in [0.2, 0.25) is 10.0 Å². The minimum Gasteiger partial charge on any atom is -0.329 e. The predicted molar refractivity (Wildman–Crippen MR) is 77.7 cm³/mol. The van der Waals surface area contributed by atoms with Crippen LogP contribution in [0, 0.1) is 0 Å². The second kappa shape index (κ2) is 4.51. The zero-order valence-corrected chi connectivity index (χ0v) is 11.3. The molecule has 1 heterocycles. The Kier molecular flexibility index (Phi) is 2.95. The maximum Gasteiger partial charge on any atom is 0.239 e. The molecular weight excluding hydrogens is 260 g/mol. The Bertz CT molecular complexity index is 707. The number of sulfonamides is 1. The van der Waals surface area contributed by atoms with E-state index in [-0.39, 0.29) is 6.54 Å². The SMILES string of the molecule is NC[C@H]1CCN(c2cccc3ccccc23)S1(=O)=O. The van der Waals surface area contributed by atoms with Gasteiger partial charge in [0.25, 0.3) is 0 Å². The Morgan fingerprint density at radius 2 is 1.89 bits per heavy atom. The van der Waals surface area contributed by atoms with Crippen molar-refractivity contribution in [3.63, 3.8) is 0 Å². The summed E-state index contributed by atoms with van der Waals surface area (Å²) in [5, 5.41) is 1.56. The summed E-state index contributed by atoms with van der Waals surface area (Å²) in [6, 6.07) is 13.6. The van der Waals surface area contributed by atoms with Crippen LogP contribution in [0.5, 0.6) is 0 Å². The van der Waals surface area contributed by atoms with Crippen LogP contribution in [0.15, 0.2) is 42.5 Å². The van der Waals surface area contributed by atoms with Crippen LogP contribution < -0.4 is 10.0 Å². The third-order valence-corrected chi connectivity index (χ3v) is 5.95. The van der Waals surface area contributed by atoms with E-state index in [1.54, 1.807) is 0 Å². The molecular formula is C14H16N2O2S. The molecule has 2 N–H and O–H groups in total. The van der Waals surface area contributed by atoms with E-state index in [2.05, 4.69) is 0 Å². The standard InChI is InChI=1S/C14H16N2O2S/c15-10-12-8-9-16(19(12,17)18)14-7-3-5-11-4-1-2-6-13(11)14/h1-7,12H,8-10,15H2/t12-/m1/s1. The van der Waals surface area contributed by atoms with Gasteiger partial charge < -0.3 is 5.73 Å². The lowest BCUT2D eigenvalue weighted by atomic mass is 10.1. The Morgan fingerprint density at radius 1 is 1.16 bits per heavy atom. The summed E-state index contributed by atoms with van der Waals surface area (Å²) in [4.78, 5) is 0. The van der Waals surface area contributed by atoms with E-state index in [1.165, 1.54) is 4.31 Å². The van der Waals surface area contributed by atoms with Crippen LogP contribution in [0.2, 0.25) is 0 Å². The summed E-state index contributed by atoms with van der Waals surface area (Å²) in [6.07, 6.45) is 0.599. The molecule has 0 amide bonds. The van der Waals surface area contributed by atoms with Gasteiger partial charge in [0.05, 0.1) is 10.9 Å². The minimum atomic E-state index is -3.31. The van der Waals surface area contributed by atoms with Crippen LogP contribution in [0.3, 0.4) is 0 Å². The topological polar surface area (TPSA) is 63.4 Å². The summed E-state index contributed by atoms with van der Waals surface area (Å²) in [6.45, 7) is 0.696. The second-order valence-corrected chi connectivity index (χ2v) is 6.90. The molecule has 2 aromatic carbocycles. The molecule has 1 saturated heterocycles. The van der Waals surface area contributed by atoms with Gasteiger partial charge in [-0.15, -0.1) is 0 Å². The maximum atomic E-state index is 12.4. The highest BCUT2D eigenvalue weighted by molar-refractivity contribution is 7.93. The van der Waals surface area contributed by atoms with Crippen molar-refractivity contribution in [2.24, 2.45) is 5.73 Å². The van der Waals surface area contributed by atoms with Gasteiger partial charge in [0.15, 0.2) is 0 Å². The molecule has 2 aromatic rings. The molecule has 1 aliphatic heterocycles. The van der Waals surface area contributed by atoms with Crippen LogP contribution in [0.1, 0.15) is 6.42 Å². The summed E-state index contributed by atoms with van der Waals surface area (Å²) >= 11 is 0. The first-order valence-electron chi connectivity index (χ1n) is 6.34. The zero-order chi connectivity index (χ0) is 13.5. The third-order valence-electron chi connectivity index (χ3n) is 3.68. The number of rotatable bonds is 2. The molecule has 0 aromatic heterocycles. The second-order valence-electron chi connectivity index (χ2n) is 4.76. The monoisotopic (exact) mass is 276 g/mol. The molecule has 0 spiro atoms. The third kappa shape index (κ3) is 1.89. The van der Waals surface area contributed by atoms with Crippen LogP contribution in [0.25, 0.3) is 10.8 Å². The zero-order valence-electron chi connectivity index (χ0n) is 10.5. The number of benzene rings is 2. The molecule has 4 nitrogen and oxygen atoms in total. The highest BCUT2D eigenvalue weighted by atomic mass is 32.2. The average molecular weight is 276 g/mol. The van der Waals surface area contributed by atoms with Crippen molar-refractivity contribution in [3.05, 3.63) is 42.5 Å². The van der Waals surface area contributed by atoms with Crippen molar-refractivity contribution >= 4 is 26.5 Å². The van der Waals surface area contributed by atoms with Gasteiger partial charge in [-0.2, -0.15) is 0 Å². The number of anilines is 1. The summed E-state index contributed by atoms with van der Waals surface area (Å²) in [5.41, 5.74) is 6.31. The Labute approximate surface area is 112 Å². The predicted octanol–water partition coefficient (Wildman–Crippen LogP) is 1.71. The molecule has 0 bridgehead atoms. The van der Waals surface area contributed by atoms with Crippen molar-refractivity contribution < 1.29 is 8.42 Å². The molecule has 100 valence electrons. The fraction of sp³-hybridized carbons (Fsp3) is 0.286. The van der Waals surface area contributed by atoms with E-state index >= 15 is 0 Å². The Morgan fingerprint density at radius 3 is 2.63 bits per heavy atom. The molecule has 0 aliphatic carbocycles. The minimum absolute atomic E-state index is 0.184. The molecule has 5 heteroatoms. The fourth-order valence-corrected chi connectivity index (χ4v) is 4.44. The largest absolute Gasteiger partial charge is 0.329 e. The number of hydrogen-bond acceptors (Lipinski definition) is 3. The van der Waals surface area contributed by atoms with Gasteiger partial charge in [-0.25, -0.2) is 8.42 Å². The van der Waals surface area contributed by atoms with Gasteiger partial charge in [-0.05, 0) is 17.9 Å². The van der Waals surface area contributed by atoms with Crippen LogP contribution >= 0.6 is 0 Å². The first-order valence-corrected chi connectivity index (χ1v) is 7.84. The van der Waals surface area contributed by atoms with E-state index in [1.807, 2.05) is 42.5 Å². The van der Waals surface area contributed by atoms with Crippen molar-refractivity contribution in [2.75, 3.05) is 17.4 Å². The quantitative estimate of drug-likeness (QED) is 0.908. The Hall–Kier alpha value is -1.59. The van der Waals surface area contributed by atoms with E-state index < -0.39 is 15.3 Å². The summed E-state index contributed by atoms with van der Waals surface area (Å²) in [5.74, 6) is 0. The number of nitrogens with zero attached hydrogens (tertiary/aromatic N) is 1. The smallest absolute Gasteiger partial charge is 0.239 e. The molecule has 0 radical (unpaired) electrons. The Balaban J connectivity index is 2.16. The van der Waals surface area contributed by atoms with E-state index in [4.69, 9.17) is 5.73 Å². The van der Waals surface area contributed by atoms with Gasteiger partial charge in [-0.3, -0.25) is 4.31 Å². The van der Waals surface area contributed by atoms with Gasteiger partial charge in [-0.1, -0.05) is 36.4 Å². The number of nitrogens with two attached hydrogens (primary N) is 1.